The van der Waals surface area contributed by atoms with E-state index in [0.29, 0.717) is 11.6 Å². The normalized spacial score (nSPS) is 16.3. The van der Waals surface area contributed by atoms with Crippen molar-refractivity contribution in [2.45, 2.75) is 19.4 Å². The summed E-state index contributed by atoms with van der Waals surface area (Å²) in [6, 6.07) is 16.3. The average molecular weight is 397 g/mol. The van der Waals surface area contributed by atoms with Crippen LogP contribution in [0, 0.1) is 0 Å². The number of para-hydroxylation sites is 1. The Morgan fingerprint density at radius 1 is 1.10 bits per heavy atom. The summed E-state index contributed by atoms with van der Waals surface area (Å²) in [7, 11) is 1.70. The fourth-order valence-electron chi connectivity index (χ4n) is 3.86. The van der Waals surface area contributed by atoms with Gasteiger partial charge in [-0.05, 0) is 43.2 Å². The molecule has 1 unspecified atom stereocenters. The highest BCUT2D eigenvalue weighted by molar-refractivity contribution is 5.98. The zero-order valence-electron chi connectivity index (χ0n) is 17.4. The van der Waals surface area contributed by atoms with E-state index < -0.39 is 5.91 Å². The number of primary amides is 1. The predicted molar refractivity (Wildman–Crippen MR) is 118 cm³/mol. The summed E-state index contributed by atoms with van der Waals surface area (Å²) in [6.45, 7) is 8.34. The van der Waals surface area contributed by atoms with Gasteiger partial charge >= 0.3 is 0 Å². The molecule has 156 valence electrons. The summed E-state index contributed by atoms with van der Waals surface area (Å²) < 4.78 is 5.24. The van der Waals surface area contributed by atoms with E-state index in [-0.39, 0.29) is 0 Å². The van der Waals surface area contributed by atoms with Gasteiger partial charge in [-0.1, -0.05) is 24.3 Å². The van der Waals surface area contributed by atoms with Crippen LogP contribution in [0.2, 0.25) is 0 Å². The molecule has 2 aromatic rings. The maximum absolute atomic E-state index is 11.5. The number of amides is 1. The van der Waals surface area contributed by atoms with Gasteiger partial charge in [-0.3, -0.25) is 14.6 Å². The third-order valence-electron chi connectivity index (χ3n) is 5.66. The van der Waals surface area contributed by atoms with E-state index in [9.17, 15) is 4.79 Å². The Balaban J connectivity index is 1.40. The van der Waals surface area contributed by atoms with Gasteiger partial charge in [0.25, 0.3) is 5.91 Å². The van der Waals surface area contributed by atoms with Crippen LogP contribution in [0.25, 0.3) is 0 Å². The molecule has 1 aliphatic rings. The number of hydrogen-bond donors (Lipinski definition) is 2. The van der Waals surface area contributed by atoms with Crippen LogP contribution < -0.4 is 15.8 Å². The lowest BCUT2D eigenvalue weighted by atomic mass is 10.0. The fraction of sp³-hybridized carbons (Fsp3) is 0.435. The second kappa shape index (κ2) is 10.3. The second-order valence-corrected chi connectivity index (χ2v) is 7.62. The Hall–Kier alpha value is -2.57. The van der Waals surface area contributed by atoms with Crippen molar-refractivity contribution in [1.29, 1.82) is 0 Å². The van der Waals surface area contributed by atoms with Gasteiger partial charge in [-0.2, -0.15) is 0 Å². The zero-order chi connectivity index (χ0) is 20.6. The molecule has 1 heterocycles. The van der Waals surface area contributed by atoms with Crippen LogP contribution in [-0.4, -0.2) is 68.1 Å². The van der Waals surface area contributed by atoms with Gasteiger partial charge in [-0.25, -0.2) is 0 Å². The summed E-state index contributed by atoms with van der Waals surface area (Å²) in [5, 5.41) is 3.35. The van der Waals surface area contributed by atoms with E-state index in [1.54, 1.807) is 13.2 Å². The molecule has 6 nitrogen and oxygen atoms in total. The average Bonchev–Trinajstić information content (AvgIpc) is 2.75. The van der Waals surface area contributed by atoms with Crippen LogP contribution in [-0.2, 0) is 6.42 Å². The van der Waals surface area contributed by atoms with E-state index in [4.69, 9.17) is 10.5 Å². The third kappa shape index (κ3) is 5.95. The lowest BCUT2D eigenvalue weighted by Gasteiger charge is -2.38. The summed E-state index contributed by atoms with van der Waals surface area (Å²) >= 11 is 0. The molecule has 0 spiro atoms. The zero-order valence-corrected chi connectivity index (χ0v) is 17.4. The van der Waals surface area contributed by atoms with Crippen LogP contribution in [0.1, 0.15) is 22.8 Å². The number of nitrogens with one attached hydrogen (secondary N) is 1. The first-order valence-corrected chi connectivity index (χ1v) is 10.3. The summed E-state index contributed by atoms with van der Waals surface area (Å²) in [4.78, 5) is 16.5. The van der Waals surface area contributed by atoms with E-state index in [1.807, 2.05) is 30.3 Å². The number of piperazine rings is 1. The molecular formula is C23H32N4O2. The molecule has 1 atom stereocenters. The minimum absolute atomic E-state index is 0.396. The van der Waals surface area contributed by atoms with Crippen molar-refractivity contribution in [2.75, 3.05) is 51.7 Å². The minimum Gasteiger partial charge on any atom is -0.497 e. The van der Waals surface area contributed by atoms with Gasteiger partial charge in [0.2, 0.25) is 0 Å². The quantitative estimate of drug-likeness (QED) is 0.681. The molecule has 1 aliphatic heterocycles. The Labute approximate surface area is 173 Å². The van der Waals surface area contributed by atoms with E-state index in [0.717, 1.165) is 57.1 Å². The van der Waals surface area contributed by atoms with Crippen molar-refractivity contribution in [1.82, 2.24) is 9.80 Å². The highest BCUT2D eigenvalue weighted by Crippen LogP contribution is 2.16. The number of nitrogens with zero attached hydrogens (tertiary/aromatic N) is 2. The van der Waals surface area contributed by atoms with Gasteiger partial charge in [0.1, 0.15) is 5.75 Å². The lowest BCUT2D eigenvalue weighted by molar-refractivity contribution is 0.100. The molecule has 29 heavy (non-hydrogen) atoms. The summed E-state index contributed by atoms with van der Waals surface area (Å²) in [5.41, 5.74) is 8.14. The Morgan fingerprint density at radius 3 is 2.45 bits per heavy atom. The van der Waals surface area contributed by atoms with Gasteiger partial charge < -0.3 is 15.8 Å². The molecule has 6 heteroatoms. The smallest absolute Gasteiger partial charge is 0.250 e. The first-order valence-electron chi connectivity index (χ1n) is 10.3. The molecule has 1 amide bonds. The van der Waals surface area contributed by atoms with Crippen molar-refractivity contribution in [3.8, 4) is 5.75 Å². The van der Waals surface area contributed by atoms with Crippen LogP contribution in [0.15, 0.2) is 48.5 Å². The number of hydrogen-bond acceptors (Lipinski definition) is 5. The number of ether oxygens (including phenoxy) is 1. The predicted octanol–water partition coefficient (Wildman–Crippen LogP) is 2.45. The number of anilines is 1. The van der Waals surface area contributed by atoms with Crippen molar-refractivity contribution in [2.24, 2.45) is 5.73 Å². The number of methoxy groups -OCH3 is 1. The highest BCUT2D eigenvalue weighted by atomic mass is 16.5. The summed E-state index contributed by atoms with van der Waals surface area (Å²) in [5.74, 6) is 0.509. The number of rotatable bonds is 9. The molecule has 1 fully saturated rings. The van der Waals surface area contributed by atoms with Crippen LogP contribution in [0.4, 0.5) is 5.69 Å². The van der Waals surface area contributed by atoms with Crippen LogP contribution in [0.3, 0.4) is 0 Å². The van der Waals surface area contributed by atoms with Crippen molar-refractivity contribution >= 4 is 11.6 Å². The highest BCUT2D eigenvalue weighted by Gasteiger charge is 2.21. The van der Waals surface area contributed by atoms with Crippen LogP contribution in [0.5, 0.6) is 5.75 Å². The van der Waals surface area contributed by atoms with E-state index in [1.165, 1.54) is 5.56 Å². The van der Waals surface area contributed by atoms with Crippen molar-refractivity contribution in [3.05, 3.63) is 59.7 Å². The number of benzene rings is 2. The number of carbonyl (C=O) groups excluding carboxylic acids is 1. The summed E-state index contributed by atoms with van der Waals surface area (Å²) in [6.07, 6.45) is 1.05. The molecule has 0 aliphatic carbocycles. The SMILES string of the molecule is COc1ccc(CC(C)N2CCN(CCNc3ccccc3C(N)=O)CC2)cc1. The van der Waals surface area contributed by atoms with Gasteiger partial charge in [0.05, 0.1) is 12.7 Å². The first kappa shape index (κ1) is 21.1. The molecule has 1 saturated heterocycles. The Bertz CT molecular complexity index is 786. The molecule has 0 saturated carbocycles. The molecule has 0 bridgehead atoms. The maximum Gasteiger partial charge on any atom is 0.250 e. The molecule has 0 radical (unpaired) electrons. The molecule has 3 N–H and O–H groups in total. The van der Waals surface area contributed by atoms with Gasteiger partial charge in [0.15, 0.2) is 0 Å². The molecule has 2 aromatic carbocycles. The minimum atomic E-state index is -0.396. The molecule has 3 rings (SSSR count). The first-order chi connectivity index (χ1) is 14.1. The Morgan fingerprint density at radius 2 is 1.79 bits per heavy atom. The molecular weight excluding hydrogens is 364 g/mol. The number of nitrogens with two attached hydrogens (primary N) is 1. The maximum atomic E-state index is 11.5. The van der Waals surface area contributed by atoms with Crippen molar-refractivity contribution in [3.63, 3.8) is 0 Å². The molecule has 0 aromatic heterocycles. The topological polar surface area (TPSA) is 70.8 Å². The third-order valence-corrected chi connectivity index (χ3v) is 5.66. The monoisotopic (exact) mass is 396 g/mol. The second-order valence-electron chi connectivity index (χ2n) is 7.62. The lowest BCUT2D eigenvalue weighted by Crippen LogP contribution is -2.50. The van der Waals surface area contributed by atoms with E-state index in [2.05, 4.69) is 34.2 Å². The van der Waals surface area contributed by atoms with Crippen molar-refractivity contribution < 1.29 is 9.53 Å². The van der Waals surface area contributed by atoms with Crippen LogP contribution >= 0.6 is 0 Å². The largest absolute Gasteiger partial charge is 0.497 e. The van der Waals surface area contributed by atoms with E-state index >= 15 is 0 Å². The Kier molecular flexibility index (Phi) is 7.49. The van der Waals surface area contributed by atoms with Gasteiger partial charge in [-0.15, -0.1) is 0 Å². The number of carbonyl (C=O) groups is 1. The standard InChI is InChI=1S/C23H32N4O2/c1-18(17-19-7-9-20(29-2)10-8-19)27-15-13-26(14-16-27)12-11-25-22-6-4-3-5-21(22)23(24)28/h3-10,18,25H,11-17H2,1-2H3,(H2,24,28). The fourth-order valence-corrected chi connectivity index (χ4v) is 3.86. The van der Waals surface area contributed by atoms with Gasteiger partial charge in [0, 0.05) is 51.0 Å².